The van der Waals surface area contributed by atoms with Crippen LogP contribution in [0, 0.1) is 5.92 Å². The van der Waals surface area contributed by atoms with Gasteiger partial charge in [0, 0.05) is 24.5 Å². The third-order valence-electron chi connectivity index (χ3n) is 5.18. The second kappa shape index (κ2) is 8.45. The van der Waals surface area contributed by atoms with Crippen LogP contribution < -0.4 is 15.4 Å². The summed E-state index contributed by atoms with van der Waals surface area (Å²) in [5.74, 6) is 1.59. The summed E-state index contributed by atoms with van der Waals surface area (Å²) in [6.07, 6.45) is 3.63. The topological polar surface area (TPSA) is 41.7 Å². The predicted molar refractivity (Wildman–Crippen MR) is 110 cm³/mol. The molecule has 26 heavy (non-hydrogen) atoms. The number of hydrogen-bond donors (Lipinski definition) is 1. The Morgan fingerprint density at radius 1 is 1.15 bits per heavy atom. The van der Waals surface area contributed by atoms with E-state index in [1.165, 1.54) is 29.7 Å². The van der Waals surface area contributed by atoms with Crippen molar-refractivity contribution in [2.45, 2.75) is 25.8 Å². The predicted octanol–water partition coefficient (Wildman–Crippen LogP) is 3.80. The molecule has 1 atom stereocenters. The maximum absolute atomic E-state index is 6.06. The molecular weight excluding hydrogens is 322 g/mol. The molecule has 0 saturated carbocycles. The van der Waals surface area contributed by atoms with Crippen molar-refractivity contribution < 1.29 is 4.74 Å². The van der Waals surface area contributed by atoms with Crippen molar-refractivity contribution in [3.63, 3.8) is 0 Å². The van der Waals surface area contributed by atoms with Gasteiger partial charge < -0.3 is 20.3 Å². The van der Waals surface area contributed by atoms with Gasteiger partial charge in [-0.15, -0.1) is 0 Å². The molecule has 0 bridgehead atoms. The number of methoxy groups -OCH3 is 1. The van der Waals surface area contributed by atoms with E-state index in [4.69, 9.17) is 10.5 Å². The molecule has 0 saturated heterocycles. The first-order chi connectivity index (χ1) is 12.5. The average molecular weight is 354 g/mol. The van der Waals surface area contributed by atoms with Gasteiger partial charge in [-0.1, -0.05) is 12.1 Å². The Kier molecular flexibility index (Phi) is 6.04. The van der Waals surface area contributed by atoms with Gasteiger partial charge in [0.05, 0.1) is 7.11 Å². The van der Waals surface area contributed by atoms with Crippen LogP contribution in [-0.2, 0) is 13.0 Å². The second-order valence-electron chi connectivity index (χ2n) is 7.63. The van der Waals surface area contributed by atoms with Crippen LogP contribution in [0.25, 0.3) is 0 Å². The first-order valence-corrected chi connectivity index (χ1v) is 9.46. The van der Waals surface area contributed by atoms with Crippen molar-refractivity contribution in [3.05, 3.63) is 53.6 Å². The molecule has 1 aliphatic rings. The van der Waals surface area contributed by atoms with Crippen molar-refractivity contribution in [1.82, 2.24) is 4.90 Å². The lowest BCUT2D eigenvalue weighted by Crippen LogP contribution is -2.35. The molecule has 3 rings (SSSR count). The fraction of sp³-hybridized carbons (Fsp3) is 0.455. The number of ether oxygens (including phenoxy) is 1. The Hall–Kier alpha value is -2.20. The summed E-state index contributed by atoms with van der Waals surface area (Å²) in [6, 6.07) is 14.8. The molecule has 4 heteroatoms. The molecule has 2 aromatic carbocycles. The molecule has 4 nitrogen and oxygen atoms in total. The summed E-state index contributed by atoms with van der Waals surface area (Å²) in [7, 11) is 6.00. The smallest absolute Gasteiger partial charge is 0.118 e. The van der Waals surface area contributed by atoms with Crippen LogP contribution in [0.2, 0.25) is 0 Å². The van der Waals surface area contributed by atoms with E-state index < -0.39 is 0 Å². The van der Waals surface area contributed by atoms with Gasteiger partial charge in [0.1, 0.15) is 5.75 Å². The molecule has 140 valence electrons. The lowest BCUT2D eigenvalue weighted by atomic mass is 9.88. The normalized spacial score (nSPS) is 16.6. The summed E-state index contributed by atoms with van der Waals surface area (Å²) in [5, 5.41) is 0. The Morgan fingerprint density at radius 3 is 2.62 bits per heavy atom. The zero-order valence-electron chi connectivity index (χ0n) is 16.2. The number of nitrogen functional groups attached to an aromatic ring is 1. The summed E-state index contributed by atoms with van der Waals surface area (Å²) in [6.45, 7) is 3.18. The fourth-order valence-corrected chi connectivity index (χ4v) is 3.85. The van der Waals surface area contributed by atoms with Gasteiger partial charge >= 0.3 is 0 Å². The monoisotopic (exact) mass is 353 g/mol. The van der Waals surface area contributed by atoms with Crippen molar-refractivity contribution in [1.29, 1.82) is 0 Å². The van der Waals surface area contributed by atoms with Crippen LogP contribution in [0.4, 0.5) is 11.4 Å². The number of rotatable bonds is 7. The van der Waals surface area contributed by atoms with E-state index >= 15 is 0 Å². The number of nitrogens with two attached hydrogens (primary N) is 1. The Morgan fingerprint density at radius 2 is 1.92 bits per heavy atom. The van der Waals surface area contributed by atoms with E-state index in [-0.39, 0.29) is 0 Å². The number of anilines is 2. The lowest BCUT2D eigenvalue weighted by Gasteiger charge is -2.36. The van der Waals surface area contributed by atoms with Gasteiger partial charge in [-0.05, 0) is 87.3 Å². The standard InChI is InChI=1S/C22H31N3O/c1-24(2)12-4-5-18-13-19-14-20(23)8-11-22(19)25(16-18)15-17-6-9-21(26-3)10-7-17/h6-11,14,18H,4-5,12-13,15-16,23H2,1-3H3. The minimum atomic E-state index is 0.683. The molecule has 0 fully saturated rings. The highest BCUT2D eigenvalue weighted by molar-refractivity contribution is 5.61. The Bertz CT molecular complexity index is 712. The molecule has 2 N–H and O–H groups in total. The molecule has 0 spiro atoms. The molecular formula is C22H31N3O. The van der Waals surface area contributed by atoms with Gasteiger partial charge in [0.2, 0.25) is 0 Å². The minimum Gasteiger partial charge on any atom is -0.497 e. The lowest BCUT2D eigenvalue weighted by molar-refractivity contribution is 0.359. The molecule has 1 unspecified atom stereocenters. The van der Waals surface area contributed by atoms with Crippen LogP contribution in [0.5, 0.6) is 5.75 Å². The summed E-state index contributed by atoms with van der Waals surface area (Å²) in [4.78, 5) is 4.78. The second-order valence-corrected chi connectivity index (χ2v) is 7.63. The van der Waals surface area contributed by atoms with E-state index in [9.17, 15) is 0 Å². The fourth-order valence-electron chi connectivity index (χ4n) is 3.85. The molecule has 1 heterocycles. The van der Waals surface area contributed by atoms with E-state index in [0.29, 0.717) is 5.92 Å². The highest BCUT2D eigenvalue weighted by Crippen LogP contribution is 2.34. The Balaban J connectivity index is 1.75. The highest BCUT2D eigenvalue weighted by Gasteiger charge is 2.24. The number of benzene rings is 2. The summed E-state index contributed by atoms with van der Waals surface area (Å²) >= 11 is 0. The first-order valence-electron chi connectivity index (χ1n) is 9.46. The van der Waals surface area contributed by atoms with E-state index in [2.05, 4.69) is 48.2 Å². The maximum atomic E-state index is 6.06. The summed E-state index contributed by atoms with van der Waals surface area (Å²) in [5.41, 5.74) is 10.9. The molecule has 2 aromatic rings. The minimum absolute atomic E-state index is 0.683. The molecule has 0 aliphatic carbocycles. The zero-order chi connectivity index (χ0) is 18.5. The van der Waals surface area contributed by atoms with E-state index in [1.54, 1.807) is 7.11 Å². The average Bonchev–Trinajstić information content (AvgIpc) is 2.61. The van der Waals surface area contributed by atoms with Gasteiger partial charge in [-0.25, -0.2) is 0 Å². The van der Waals surface area contributed by atoms with Gasteiger partial charge in [0.25, 0.3) is 0 Å². The van der Waals surface area contributed by atoms with Crippen molar-refractivity contribution >= 4 is 11.4 Å². The van der Waals surface area contributed by atoms with Crippen molar-refractivity contribution in [2.24, 2.45) is 5.92 Å². The van der Waals surface area contributed by atoms with Crippen LogP contribution in [0.1, 0.15) is 24.0 Å². The highest BCUT2D eigenvalue weighted by atomic mass is 16.5. The van der Waals surface area contributed by atoms with E-state index in [1.807, 2.05) is 18.2 Å². The van der Waals surface area contributed by atoms with Crippen LogP contribution in [0.15, 0.2) is 42.5 Å². The maximum Gasteiger partial charge on any atom is 0.118 e. The largest absolute Gasteiger partial charge is 0.497 e. The van der Waals surface area contributed by atoms with Crippen LogP contribution in [-0.4, -0.2) is 39.2 Å². The van der Waals surface area contributed by atoms with Crippen molar-refractivity contribution in [2.75, 3.05) is 44.9 Å². The molecule has 1 aliphatic heterocycles. The SMILES string of the molecule is COc1ccc(CN2CC(CCCN(C)C)Cc3cc(N)ccc32)cc1. The Labute approximate surface area is 157 Å². The number of fused-ring (bicyclic) bond motifs is 1. The van der Waals surface area contributed by atoms with Crippen LogP contribution in [0.3, 0.4) is 0 Å². The molecule has 0 amide bonds. The third-order valence-corrected chi connectivity index (χ3v) is 5.18. The van der Waals surface area contributed by atoms with Gasteiger partial charge in [0.15, 0.2) is 0 Å². The zero-order valence-corrected chi connectivity index (χ0v) is 16.2. The van der Waals surface area contributed by atoms with E-state index in [0.717, 1.165) is 37.5 Å². The van der Waals surface area contributed by atoms with Crippen molar-refractivity contribution in [3.8, 4) is 5.75 Å². The third kappa shape index (κ3) is 4.70. The van der Waals surface area contributed by atoms with Crippen LogP contribution >= 0.6 is 0 Å². The first kappa shape index (κ1) is 18.6. The quantitative estimate of drug-likeness (QED) is 0.769. The number of hydrogen-bond acceptors (Lipinski definition) is 4. The number of nitrogens with zero attached hydrogens (tertiary/aromatic N) is 2. The van der Waals surface area contributed by atoms with Gasteiger partial charge in [-0.2, -0.15) is 0 Å². The van der Waals surface area contributed by atoms with Gasteiger partial charge in [-0.3, -0.25) is 0 Å². The molecule has 0 radical (unpaired) electrons. The summed E-state index contributed by atoms with van der Waals surface area (Å²) < 4.78 is 5.28. The molecule has 0 aromatic heterocycles.